The van der Waals surface area contributed by atoms with Crippen LogP contribution in [-0.4, -0.2) is 11.5 Å². The van der Waals surface area contributed by atoms with Gasteiger partial charge in [0.1, 0.15) is 0 Å². The van der Waals surface area contributed by atoms with E-state index in [2.05, 4.69) is 112 Å². The van der Waals surface area contributed by atoms with E-state index in [-0.39, 0.29) is 0 Å². The molecule has 6 heterocycles. The predicted molar refractivity (Wildman–Crippen MR) is 275 cm³/mol. The van der Waals surface area contributed by atoms with Gasteiger partial charge in [-0.1, -0.05) is 129 Å². The monoisotopic (exact) mass is 922 g/mol. The molecule has 0 aliphatic heterocycles. The van der Waals surface area contributed by atoms with Gasteiger partial charge in [-0.15, -0.1) is 91.5 Å². The van der Waals surface area contributed by atoms with Crippen LogP contribution in [-0.2, 0) is 0 Å². The average Bonchev–Trinajstić information content (AvgIpc) is 4.08. The van der Waals surface area contributed by atoms with E-state index in [0.717, 1.165) is 0 Å². The summed E-state index contributed by atoms with van der Waals surface area (Å²) in [6.45, 7) is 9.20. The molecule has 0 bridgehead atoms. The molecule has 0 amide bonds. The zero-order chi connectivity index (χ0) is 40.4. The number of unbranched alkanes of at least 4 members (excludes halogenated alkanes) is 18. The van der Waals surface area contributed by atoms with E-state index in [4.69, 9.17) is 0 Å². The molecule has 0 atom stereocenters. The molecular formula is C50H66S8. The summed E-state index contributed by atoms with van der Waals surface area (Å²) in [5.41, 5.74) is 2.78. The summed E-state index contributed by atoms with van der Waals surface area (Å²) in [6.07, 6.45) is 28.1. The summed E-state index contributed by atoms with van der Waals surface area (Å²) in [7, 11) is 0. The second-order valence-corrected chi connectivity index (χ2v) is 25.1. The van der Waals surface area contributed by atoms with Gasteiger partial charge in [0.25, 0.3) is 0 Å². The van der Waals surface area contributed by atoms with Crippen LogP contribution in [0.15, 0.2) is 69.1 Å². The van der Waals surface area contributed by atoms with Gasteiger partial charge < -0.3 is 0 Å². The lowest BCUT2D eigenvalue weighted by Gasteiger charge is -2.02. The van der Waals surface area contributed by atoms with Crippen molar-refractivity contribution in [3.05, 3.63) is 71.8 Å². The van der Waals surface area contributed by atoms with E-state index >= 15 is 0 Å². The molecule has 6 aromatic heterocycles. The Hall–Kier alpha value is -1.10. The zero-order valence-electron chi connectivity index (χ0n) is 35.6. The van der Waals surface area contributed by atoms with Crippen LogP contribution >= 0.6 is 91.5 Å². The maximum Gasteiger partial charge on any atom is 0.0605 e. The maximum absolute atomic E-state index is 2.42. The van der Waals surface area contributed by atoms with Crippen molar-refractivity contribution in [3.8, 4) is 48.8 Å². The number of thioether (sulfide) groups is 2. The molecule has 0 spiro atoms. The molecule has 0 fully saturated rings. The zero-order valence-corrected chi connectivity index (χ0v) is 42.1. The number of thiophene rings is 6. The summed E-state index contributed by atoms with van der Waals surface area (Å²) in [5.74, 6) is 2.49. The highest BCUT2D eigenvalue weighted by molar-refractivity contribution is 8.01. The molecule has 0 N–H and O–H groups in total. The Bertz CT molecular complexity index is 1880. The standard InChI is InChI=1S/C50H66S8/c1-5-7-9-11-13-15-17-19-21-23-33-51-47-31-29-41(55-47)39-25-27-43(53-39)45-35-37(3)49(57-45)50-38(4)36-46(58-50)44-28-26-40(54-44)42-30-32-48(56-42)52-34-24-22-20-18-16-14-12-10-8-6-2/h25-32,35-36H,5-24,33-34H2,1-4H3. The molecule has 0 saturated heterocycles. The molecule has 0 nitrogen and oxygen atoms in total. The van der Waals surface area contributed by atoms with Gasteiger partial charge in [0, 0.05) is 48.8 Å². The molecule has 0 aromatic carbocycles. The molecule has 0 radical (unpaired) electrons. The molecule has 0 saturated carbocycles. The van der Waals surface area contributed by atoms with Gasteiger partial charge in [-0.25, -0.2) is 0 Å². The van der Waals surface area contributed by atoms with E-state index in [9.17, 15) is 0 Å². The van der Waals surface area contributed by atoms with Crippen LogP contribution in [0.5, 0.6) is 0 Å². The fourth-order valence-corrected chi connectivity index (χ4v) is 16.8. The SMILES string of the molecule is CCCCCCCCCCCCSc1ccc(-c2ccc(-c3cc(C)c(-c4sc(-c5ccc(-c6ccc(SCCCCCCCCCCCC)s6)s5)cc4C)s3)s2)s1. The van der Waals surface area contributed by atoms with Crippen LogP contribution in [0.25, 0.3) is 48.8 Å². The lowest BCUT2D eigenvalue weighted by Crippen LogP contribution is -1.83. The summed E-state index contributed by atoms with van der Waals surface area (Å²) < 4.78 is 2.93. The van der Waals surface area contributed by atoms with Crippen LogP contribution in [0, 0.1) is 13.8 Å². The van der Waals surface area contributed by atoms with E-state index in [1.165, 1.54) is 208 Å². The normalized spacial score (nSPS) is 11.7. The molecule has 8 heteroatoms. The minimum Gasteiger partial charge on any atom is -0.134 e. The lowest BCUT2D eigenvalue weighted by molar-refractivity contribution is 0.563. The second kappa shape index (κ2) is 25.7. The first-order valence-electron chi connectivity index (χ1n) is 22.4. The number of hydrogen-bond donors (Lipinski definition) is 0. The van der Waals surface area contributed by atoms with Crippen molar-refractivity contribution in [1.82, 2.24) is 0 Å². The molecule has 58 heavy (non-hydrogen) atoms. The van der Waals surface area contributed by atoms with Gasteiger partial charge >= 0.3 is 0 Å². The minimum atomic E-state index is 1.25. The van der Waals surface area contributed by atoms with Crippen molar-refractivity contribution >= 4 is 91.5 Å². The van der Waals surface area contributed by atoms with E-state index in [1.807, 2.05) is 68.0 Å². The Labute approximate surface area is 384 Å². The first-order valence-corrected chi connectivity index (χ1v) is 29.3. The fourth-order valence-electron chi connectivity index (χ4n) is 7.45. The molecular weight excluding hydrogens is 857 g/mol. The van der Waals surface area contributed by atoms with Crippen molar-refractivity contribution in [2.45, 2.75) is 165 Å². The van der Waals surface area contributed by atoms with Gasteiger partial charge in [-0.3, -0.25) is 0 Å². The van der Waals surface area contributed by atoms with E-state index in [1.54, 1.807) is 0 Å². The Morgan fingerprint density at radius 2 is 0.621 bits per heavy atom. The molecule has 0 aliphatic rings. The molecule has 0 unspecified atom stereocenters. The second-order valence-electron chi connectivity index (χ2n) is 15.9. The van der Waals surface area contributed by atoms with Crippen LogP contribution in [0.2, 0.25) is 0 Å². The van der Waals surface area contributed by atoms with Crippen LogP contribution in [0.3, 0.4) is 0 Å². The maximum atomic E-state index is 2.42. The Kier molecular flexibility index (Phi) is 20.6. The molecule has 0 aliphatic carbocycles. The Morgan fingerprint density at radius 3 is 0.983 bits per heavy atom. The number of hydrogen-bond acceptors (Lipinski definition) is 8. The van der Waals surface area contributed by atoms with Gasteiger partial charge in [0.15, 0.2) is 0 Å². The van der Waals surface area contributed by atoms with Crippen molar-refractivity contribution in [2.75, 3.05) is 11.5 Å². The number of aryl methyl sites for hydroxylation is 2. The molecule has 6 rings (SSSR count). The van der Waals surface area contributed by atoms with Crippen molar-refractivity contribution in [3.63, 3.8) is 0 Å². The quantitative estimate of drug-likeness (QED) is 0.0340. The summed E-state index contributed by atoms with van der Waals surface area (Å²) >= 11 is 15.9. The lowest BCUT2D eigenvalue weighted by atomic mass is 10.1. The van der Waals surface area contributed by atoms with Gasteiger partial charge in [0.2, 0.25) is 0 Å². The third-order valence-electron chi connectivity index (χ3n) is 10.9. The first-order chi connectivity index (χ1) is 28.5. The summed E-state index contributed by atoms with van der Waals surface area (Å²) in [5, 5.41) is 0. The highest BCUT2D eigenvalue weighted by Gasteiger charge is 2.18. The Balaban J connectivity index is 0.954. The predicted octanol–water partition coefficient (Wildman–Crippen LogP) is 21.0. The van der Waals surface area contributed by atoms with Crippen molar-refractivity contribution in [2.24, 2.45) is 0 Å². The third kappa shape index (κ3) is 14.5. The summed E-state index contributed by atoms with van der Waals surface area (Å²) in [4.78, 5) is 14.0. The van der Waals surface area contributed by atoms with Crippen LogP contribution < -0.4 is 0 Å². The fraction of sp³-hybridized carbons (Fsp3) is 0.520. The number of rotatable bonds is 29. The molecule has 314 valence electrons. The minimum absolute atomic E-state index is 1.25. The highest BCUT2D eigenvalue weighted by Crippen LogP contribution is 2.49. The Morgan fingerprint density at radius 1 is 0.328 bits per heavy atom. The van der Waals surface area contributed by atoms with Crippen LogP contribution in [0.4, 0.5) is 0 Å². The smallest absolute Gasteiger partial charge is 0.0605 e. The van der Waals surface area contributed by atoms with E-state index in [0.29, 0.717) is 0 Å². The topological polar surface area (TPSA) is 0 Å². The van der Waals surface area contributed by atoms with Gasteiger partial charge in [-0.05, 0) is 110 Å². The third-order valence-corrected chi connectivity index (χ3v) is 21.3. The largest absolute Gasteiger partial charge is 0.134 e. The van der Waals surface area contributed by atoms with Crippen LogP contribution in [0.1, 0.15) is 153 Å². The molecule has 6 aromatic rings. The van der Waals surface area contributed by atoms with E-state index < -0.39 is 0 Å². The average molecular weight is 924 g/mol. The van der Waals surface area contributed by atoms with Gasteiger partial charge in [0.05, 0.1) is 8.42 Å². The van der Waals surface area contributed by atoms with Gasteiger partial charge in [-0.2, -0.15) is 0 Å². The highest BCUT2D eigenvalue weighted by atomic mass is 32.2. The van der Waals surface area contributed by atoms with Crippen molar-refractivity contribution in [1.29, 1.82) is 0 Å². The van der Waals surface area contributed by atoms with Crippen molar-refractivity contribution < 1.29 is 0 Å². The first kappa shape index (κ1) is 46.4. The summed E-state index contributed by atoms with van der Waals surface area (Å²) in [6, 6.07) is 23.6.